The maximum Gasteiger partial charge on any atom is 0.0672 e. The molecule has 2 atom stereocenters. The largest absolute Gasteiger partial charge is 0.375 e. The lowest BCUT2D eigenvalue weighted by atomic mass is 9.87. The number of hydrogen-bond donors (Lipinski definition) is 1. The van der Waals surface area contributed by atoms with Gasteiger partial charge in [-0.1, -0.05) is 30.3 Å². The molecule has 0 amide bonds. The zero-order chi connectivity index (χ0) is 12.1. The van der Waals surface area contributed by atoms with Gasteiger partial charge in [-0.05, 0) is 45.2 Å². The van der Waals surface area contributed by atoms with Gasteiger partial charge >= 0.3 is 0 Å². The van der Waals surface area contributed by atoms with Gasteiger partial charge in [-0.25, -0.2) is 0 Å². The summed E-state index contributed by atoms with van der Waals surface area (Å²) in [4.78, 5) is 0. The van der Waals surface area contributed by atoms with Gasteiger partial charge in [0.1, 0.15) is 0 Å². The van der Waals surface area contributed by atoms with E-state index < -0.39 is 0 Å². The van der Waals surface area contributed by atoms with Gasteiger partial charge in [0, 0.05) is 12.6 Å². The Balaban J connectivity index is 1.89. The molecule has 2 nitrogen and oxygen atoms in total. The van der Waals surface area contributed by atoms with Crippen LogP contribution in [0.1, 0.15) is 31.7 Å². The zero-order valence-corrected chi connectivity index (χ0v) is 10.9. The van der Waals surface area contributed by atoms with Crippen molar-refractivity contribution in [2.24, 2.45) is 0 Å². The third-order valence-electron chi connectivity index (χ3n) is 3.79. The summed E-state index contributed by atoms with van der Waals surface area (Å²) < 4.78 is 5.98. The molecule has 2 unspecified atom stereocenters. The summed E-state index contributed by atoms with van der Waals surface area (Å²) in [7, 11) is 2.05. The van der Waals surface area contributed by atoms with E-state index in [9.17, 15) is 0 Å². The lowest BCUT2D eigenvalue weighted by Crippen LogP contribution is -2.44. The van der Waals surface area contributed by atoms with Crippen LogP contribution in [0.2, 0.25) is 0 Å². The maximum absolute atomic E-state index is 5.98. The van der Waals surface area contributed by atoms with Crippen molar-refractivity contribution < 1.29 is 4.74 Å². The molecule has 0 radical (unpaired) electrons. The smallest absolute Gasteiger partial charge is 0.0672 e. The molecule has 1 heterocycles. The second-order valence-electron chi connectivity index (χ2n) is 5.26. The van der Waals surface area contributed by atoms with Gasteiger partial charge in [-0.2, -0.15) is 0 Å². The number of benzene rings is 1. The Morgan fingerprint density at radius 3 is 2.82 bits per heavy atom. The molecule has 17 heavy (non-hydrogen) atoms. The Morgan fingerprint density at radius 2 is 2.12 bits per heavy atom. The van der Waals surface area contributed by atoms with E-state index in [0.717, 1.165) is 32.3 Å². The van der Waals surface area contributed by atoms with E-state index in [-0.39, 0.29) is 5.60 Å². The van der Waals surface area contributed by atoms with E-state index in [1.165, 1.54) is 5.56 Å². The monoisotopic (exact) mass is 233 g/mol. The molecular formula is C15H23NO. The summed E-state index contributed by atoms with van der Waals surface area (Å²) in [6.07, 6.45) is 4.47. The average Bonchev–Trinajstić information content (AvgIpc) is 2.38. The SMILES string of the molecule is CNC1CCOC(C)(CCc2ccccc2)C1. The van der Waals surface area contributed by atoms with Crippen molar-refractivity contribution in [3.63, 3.8) is 0 Å². The molecule has 0 saturated carbocycles. The number of ether oxygens (including phenoxy) is 1. The maximum atomic E-state index is 5.98. The second-order valence-corrected chi connectivity index (χ2v) is 5.26. The molecule has 1 aliphatic rings. The number of nitrogens with one attached hydrogen (secondary N) is 1. The van der Waals surface area contributed by atoms with Gasteiger partial charge in [0.05, 0.1) is 5.60 Å². The molecule has 0 aliphatic carbocycles. The Labute approximate surface area is 104 Å². The Kier molecular flexibility index (Phi) is 4.19. The van der Waals surface area contributed by atoms with Crippen molar-refractivity contribution in [2.75, 3.05) is 13.7 Å². The fraction of sp³-hybridized carbons (Fsp3) is 0.600. The third-order valence-corrected chi connectivity index (χ3v) is 3.79. The fourth-order valence-corrected chi connectivity index (χ4v) is 2.60. The van der Waals surface area contributed by atoms with Crippen LogP contribution in [0.5, 0.6) is 0 Å². The number of rotatable bonds is 4. The van der Waals surface area contributed by atoms with Gasteiger partial charge in [-0.15, -0.1) is 0 Å². The fourth-order valence-electron chi connectivity index (χ4n) is 2.60. The van der Waals surface area contributed by atoms with Crippen LogP contribution in [0.4, 0.5) is 0 Å². The van der Waals surface area contributed by atoms with E-state index >= 15 is 0 Å². The highest BCUT2D eigenvalue weighted by Crippen LogP contribution is 2.29. The quantitative estimate of drug-likeness (QED) is 0.863. The number of aryl methyl sites for hydroxylation is 1. The van der Waals surface area contributed by atoms with Crippen molar-refractivity contribution in [3.05, 3.63) is 35.9 Å². The molecule has 1 N–H and O–H groups in total. The van der Waals surface area contributed by atoms with Crippen molar-refractivity contribution in [2.45, 2.75) is 44.2 Å². The summed E-state index contributed by atoms with van der Waals surface area (Å²) >= 11 is 0. The molecule has 1 saturated heterocycles. The van der Waals surface area contributed by atoms with Gasteiger partial charge < -0.3 is 10.1 Å². The highest BCUT2D eigenvalue weighted by molar-refractivity contribution is 5.15. The summed E-state index contributed by atoms with van der Waals surface area (Å²) in [6.45, 7) is 3.14. The molecule has 1 aromatic carbocycles. The lowest BCUT2D eigenvalue weighted by Gasteiger charge is -2.38. The minimum absolute atomic E-state index is 0.0434. The van der Waals surface area contributed by atoms with Gasteiger partial charge in [0.25, 0.3) is 0 Å². The van der Waals surface area contributed by atoms with Gasteiger partial charge in [-0.3, -0.25) is 0 Å². The molecule has 2 rings (SSSR count). The molecule has 0 bridgehead atoms. The first-order valence-corrected chi connectivity index (χ1v) is 6.57. The predicted octanol–water partition coefficient (Wildman–Crippen LogP) is 2.78. The topological polar surface area (TPSA) is 21.3 Å². The van der Waals surface area contributed by atoms with Gasteiger partial charge in [0.2, 0.25) is 0 Å². The summed E-state index contributed by atoms with van der Waals surface area (Å²) in [5.41, 5.74) is 1.45. The van der Waals surface area contributed by atoms with E-state index in [1.54, 1.807) is 0 Å². The molecule has 1 fully saturated rings. The minimum atomic E-state index is 0.0434. The van der Waals surface area contributed by atoms with Crippen molar-refractivity contribution >= 4 is 0 Å². The highest BCUT2D eigenvalue weighted by atomic mass is 16.5. The molecule has 94 valence electrons. The van der Waals surface area contributed by atoms with Crippen molar-refractivity contribution in [1.29, 1.82) is 0 Å². The molecule has 1 aromatic rings. The molecule has 0 aromatic heterocycles. The van der Waals surface area contributed by atoms with E-state index in [4.69, 9.17) is 4.74 Å². The van der Waals surface area contributed by atoms with Crippen LogP contribution in [0.15, 0.2) is 30.3 Å². The average molecular weight is 233 g/mol. The summed E-state index contributed by atoms with van der Waals surface area (Å²) in [5.74, 6) is 0. The van der Waals surface area contributed by atoms with Crippen LogP contribution in [-0.2, 0) is 11.2 Å². The highest BCUT2D eigenvalue weighted by Gasteiger charge is 2.32. The van der Waals surface area contributed by atoms with Crippen LogP contribution < -0.4 is 5.32 Å². The van der Waals surface area contributed by atoms with Gasteiger partial charge in [0.15, 0.2) is 0 Å². The van der Waals surface area contributed by atoms with Crippen LogP contribution in [0.25, 0.3) is 0 Å². The zero-order valence-electron chi connectivity index (χ0n) is 10.9. The first-order chi connectivity index (χ1) is 8.22. The van der Waals surface area contributed by atoms with Crippen LogP contribution >= 0.6 is 0 Å². The van der Waals surface area contributed by atoms with E-state index in [2.05, 4.69) is 42.6 Å². The molecule has 2 heteroatoms. The first-order valence-electron chi connectivity index (χ1n) is 6.57. The Morgan fingerprint density at radius 1 is 1.35 bits per heavy atom. The van der Waals surface area contributed by atoms with Crippen LogP contribution in [0.3, 0.4) is 0 Å². The van der Waals surface area contributed by atoms with Crippen molar-refractivity contribution in [3.8, 4) is 0 Å². The van der Waals surface area contributed by atoms with E-state index in [0.29, 0.717) is 6.04 Å². The number of hydrogen-bond acceptors (Lipinski definition) is 2. The molecular weight excluding hydrogens is 210 g/mol. The minimum Gasteiger partial charge on any atom is -0.375 e. The first kappa shape index (κ1) is 12.6. The molecule has 1 aliphatic heterocycles. The van der Waals surface area contributed by atoms with Crippen LogP contribution in [-0.4, -0.2) is 25.3 Å². The second kappa shape index (κ2) is 5.65. The lowest BCUT2D eigenvalue weighted by molar-refractivity contribution is -0.0797. The standard InChI is InChI=1S/C15H23NO/c1-15(12-14(16-2)9-11-17-15)10-8-13-6-4-3-5-7-13/h3-7,14,16H,8-12H2,1-2H3. The summed E-state index contributed by atoms with van der Waals surface area (Å²) in [5, 5.41) is 3.38. The normalized spacial score (nSPS) is 29.2. The Bertz CT molecular complexity index is 338. The predicted molar refractivity (Wildman–Crippen MR) is 71.2 cm³/mol. The van der Waals surface area contributed by atoms with E-state index in [1.807, 2.05) is 7.05 Å². The van der Waals surface area contributed by atoms with Crippen LogP contribution in [0, 0.1) is 0 Å². The third kappa shape index (κ3) is 3.55. The van der Waals surface area contributed by atoms with Crippen molar-refractivity contribution in [1.82, 2.24) is 5.32 Å². The Hall–Kier alpha value is -0.860. The molecule has 0 spiro atoms. The summed E-state index contributed by atoms with van der Waals surface area (Å²) in [6, 6.07) is 11.3.